The fraction of sp³-hybridized carbons (Fsp3) is 1.00. The van der Waals surface area contributed by atoms with E-state index in [4.69, 9.17) is 11.1 Å². The van der Waals surface area contributed by atoms with Crippen molar-refractivity contribution in [2.75, 3.05) is 0 Å². The minimum atomic E-state index is -0.220. The standard InChI is InChI=1S/C7H17ClSi/c1-3-5-6-7(4-2)9-8/h7H,3-6,9H2,1-2H3. The van der Waals surface area contributed by atoms with Gasteiger partial charge in [0.05, 0.1) is 0 Å². The highest BCUT2D eigenvalue weighted by Crippen LogP contribution is 2.17. The number of hydrogen-bond donors (Lipinski definition) is 0. The van der Waals surface area contributed by atoms with E-state index in [-0.39, 0.29) is 8.83 Å². The van der Waals surface area contributed by atoms with Crippen LogP contribution in [0.25, 0.3) is 0 Å². The van der Waals surface area contributed by atoms with Crippen molar-refractivity contribution in [1.29, 1.82) is 0 Å². The van der Waals surface area contributed by atoms with Crippen molar-refractivity contribution in [2.24, 2.45) is 0 Å². The highest BCUT2D eigenvalue weighted by Gasteiger charge is 2.02. The molecule has 0 rings (SSSR count). The molecule has 0 saturated heterocycles. The predicted octanol–water partition coefficient (Wildman–Crippen LogP) is 2.70. The van der Waals surface area contributed by atoms with Gasteiger partial charge in [0.25, 0.3) is 0 Å². The van der Waals surface area contributed by atoms with Crippen LogP contribution in [0.5, 0.6) is 0 Å². The van der Waals surface area contributed by atoms with Crippen molar-refractivity contribution >= 4 is 19.9 Å². The van der Waals surface area contributed by atoms with Gasteiger partial charge in [-0.25, -0.2) is 0 Å². The normalized spacial score (nSPS) is 15.0. The van der Waals surface area contributed by atoms with Gasteiger partial charge in [0, 0.05) is 0 Å². The van der Waals surface area contributed by atoms with Crippen molar-refractivity contribution < 1.29 is 0 Å². The Labute approximate surface area is 65.5 Å². The molecule has 0 amide bonds. The second-order valence-electron chi connectivity index (χ2n) is 2.57. The molecule has 1 unspecified atom stereocenters. The Kier molecular flexibility index (Phi) is 7.00. The van der Waals surface area contributed by atoms with Crippen molar-refractivity contribution in [3.63, 3.8) is 0 Å². The molecular weight excluding hydrogens is 148 g/mol. The van der Waals surface area contributed by atoms with Gasteiger partial charge in [-0.2, -0.15) is 11.1 Å². The fourth-order valence-corrected chi connectivity index (χ4v) is 2.66. The van der Waals surface area contributed by atoms with Gasteiger partial charge in [-0.1, -0.05) is 39.5 Å². The average molecular weight is 165 g/mol. The van der Waals surface area contributed by atoms with E-state index in [0.717, 1.165) is 5.54 Å². The zero-order valence-corrected chi connectivity index (χ0v) is 8.66. The lowest BCUT2D eigenvalue weighted by Crippen LogP contribution is -1.95. The van der Waals surface area contributed by atoms with Gasteiger partial charge in [-0.3, -0.25) is 0 Å². The summed E-state index contributed by atoms with van der Waals surface area (Å²) in [6, 6.07) is 0. The molecule has 0 saturated carbocycles. The van der Waals surface area contributed by atoms with Gasteiger partial charge in [-0.05, 0) is 5.54 Å². The highest BCUT2D eigenvalue weighted by molar-refractivity contribution is 6.94. The number of rotatable bonds is 5. The first kappa shape index (κ1) is 9.51. The van der Waals surface area contributed by atoms with Crippen molar-refractivity contribution in [3.8, 4) is 0 Å². The van der Waals surface area contributed by atoms with Gasteiger partial charge in [0.1, 0.15) is 8.83 Å². The number of halogens is 1. The van der Waals surface area contributed by atoms with Gasteiger partial charge in [-0.15, -0.1) is 0 Å². The van der Waals surface area contributed by atoms with Crippen molar-refractivity contribution in [2.45, 2.75) is 45.1 Å². The van der Waals surface area contributed by atoms with Crippen LogP contribution in [-0.4, -0.2) is 8.83 Å². The average Bonchev–Trinajstić information content (AvgIpc) is 1.91. The third-order valence-electron chi connectivity index (χ3n) is 1.76. The molecule has 0 aliphatic carbocycles. The lowest BCUT2D eigenvalue weighted by molar-refractivity contribution is 0.653. The molecule has 0 fully saturated rings. The van der Waals surface area contributed by atoms with E-state index < -0.39 is 0 Å². The summed E-state index contributed by atoms with van der Waals surface area (Å²) in [6.45, 7) is 4.48. The minimum Gasteiger partial charge on any atom is -0.176 e. The number of unbranched alkanes of at least 4 members (excludes halogenated alkanes) is 1. The van der Waals surface area contributed by atoms with Gasteiger partial charge < -0.3 is 0 Å². The zero-order chi connectivity index (χ0) is 7.11. The summed E-state index contributed by atoms with van der Waals surface area (Å²) in [4.78, 5) is 0. The molecule has 2 heteroatoms. The molecule has 0 aromatic carbocycles. The largest absolute Gasteiger partial charge is 0.176 e. The Balaban J connectivity index is 3.09. The maximum absolute atomic E-state index is 5.84. The third-order valence-corrected chi connectivity index (χ3v) is 4.49. The highest BCUT2D eigenvalue weighted by atomic mass is 35.6. The summed E-state index contributed by atoms with van der Waals surface area (Å²) in [6.07, 6.45) is 5.37. The molecule has 0 spiro atoms. The quantitative estimate of drug-likeness (QED) is 0.433. The van der Waals surface area contributed by atoms with E-state index in [1.165, 1.54) is 25.7 Å². The monoisotopic (exact) mass is 164 g/mol. The zero-order valence-electron chi connectivity index (χ0n) is 6.49. The van der Waals surface area contributed by atoms with E-state index >= 15 is 0 Å². The lowest BCUT2D eigenvalue weighted by Gasteiger charge is -2.07. The Morgan fingerprint density at radius 1 is 1.44 bits per heavy atom. The van der Waals surface area contributed by atoms with Crippen LogP contribution in [0.15, 0.2) is 0 Å². The molecule has 0 aromatic rings. The van der Waals surface area contributed by atoms with E-state index in [0.29, 0.717) is 0 Å². The SMILES string of the molecule is CCCCC(CC)[SiH2]Cl. The predicted molar refractivity (Wildman–Crippen MR) is 48.0 cm³/mol. The molecule has 0 aliphatic heterocycles. The second kappa shape index (κ2) is 6.62. The van der Waals surface area contributed by atoms with Crippen LogP contribution in [0.1, 0.15) is 39.5 Å². The van der Waals surface area contributed by atoms with Crippen LogP contribution < -0.4 is 0 Å². The van der Waals surface area contributed by atoms with Gasteiger partial charge in [0.2, 0.25) is 0 Å². The summed E-state index contributed by atoms with van der Waals surface area (Å²) in [5.41, 5.74) is 0.909. The first-order chi connectivity index (χ1) is 4.35. The van der Waals surface area contributed by atoms with Gasteiger partial charge >= 0.3 is 0 Å². The maximum atomic E-state index is 5.84. The Morgan fingerprint density at radius 2 is 2.11 bits per heavy atom. The summed E-state index contributed by atoms with van der Waals surface area (Å²) < 4.78 is 0. The number of hydrogen-bond acceptors (Lipinski definition) is 0. The van der Waals surface area contributed by atoms with Crippen LogP contribution in [0, 0.1) is 0 Å². The third kappa shape index (κ3) is 4.98. The fourth-order valence-electron chi connectivity index (χ4n) is 0.883. The Hall–Kier alpha value is 0.507. The van der Waals surface area contributed by atoms with Crippen LogP contribution in [0.2, 0.25) is 5.54 Å². The summed E-state index contributed by atoms with van der Waals surface area (Å²) in [5.74, 6) is 0. The molecule has 56 valence electrons. The molecule has 0 bridgehead atoms. The molecule has 0 heterocycles. The molecular formula is C7H17ClSi. The maximum Gasteiger partial charge on any atom is 0.128 e. The second-order valence-corrected chi connectivity index (χ2v) is 4.96. The molecule has 0 nitrogen and oxygen atoms in total. The van der Waals surface area contributed by atoms with Crippen LogP contribution >= 0.6 is 11.1 Å². The van der Waals surface area contributed by atoms with Gasteiger partial charge in [0.15, 0.2) is 0 Å². The smallest absolute Gasteiger partial charge is 0.128 e. The molecule has 1 atom stereocenters. The Morgan fingerprint density at radius 3 is 2.44 bits per heavy atom. The minimum absolute atomic E-state index is 0.220. The van der Waals surface area contributed by atoms with Crippen molar-refractivity contribution in [1.82, 2.24) is 0 Å². The van der Waals surface area contributed by atoms with E-state index in [1.807, 2.05) is 0 Å². The first-order valence-electron chi connectivity index (χ1n) is 3.91. The lowest BCUT2D eigenvalue weighted by atomic mass is 10.2. The summed E-state index contributed by atoms with van der Waals surface area (Å²) in [5, 5.41) is 0. The summed E-state index contributed by atoms with van der Waals surface area (Å²) in [7, 11) is -0.220. The summed E-state index contributed by atoms with van der Waals surface area (Å²) >= 11 is 5.84. The van der Waals surface area contributed by atoms with E-state index in [1.54, 1.807) is 0 Å². The van der Waals surface area contributed by atoms with Crippen LogP contribution in [0.4, 0.5) is 0 Å². The van der Waals surface area contributed by atoms with Crippen LogP contribution in [-0.2, 0) is 0 Å². The molecule has 0 radical (unpaired) electrons. The topological polar surface area (TPSA) is 0 Å². The molecule has 0 N–H and O–H groups in total. The molecule has 0 aromatic heterocycles. The Bertz CT molecular complexity index is 52.9. The van der Waals surface area contributed by atoms with Crippen molar-refractivity contribution in [3.05, 3.63) is 0 Å². The molecule has 0 aliphatic rings. The first-order valence-corrected chi connectivity index (χ1v) is 6.86. The van der Waals surface area contributed by atoms with E-state index in [2.05, 4.69) is 13.8 Å². The van der Waals surface area contributed by atoms with Crippen LogP contribution in [0.3, 0.4) is 0 Å². The molecule has 9 heavy (non-hydrogen) atoms. The van der Waals surface area contributed by atoms with E-state index in [9.17, 15) is 0 Å².